The van der Waals surface area contributed by atoms with E-state index in [1.54, 1.807) is 6.92 Å². The molecule has 0 saturated heterocycles. The van der Waals surface area contributed by atoms with Crippen molar-refractivity contribution in [2.75, 3.05) is 0 Å². The van der Waals surface area contributed by atoms with Crippen molar-refractivity contribution in [3.05, 3.63) is 0 Å². The van der Waals surface area contributed by atoms with E-state index in [4.69, 9.17) is 10.2 Å². The molecule has 0 amide bonds. The van der Waals surface area contributed by atoms with Crippen LogP contribution in [0, 0.1) is 17.8 Å². The molecule has 1 aliphatic rings. The van der Waals surface area contributed by atoms with Crippen LogP contribution in [0.1, 0.15) is 45.4 Å². The second-order valence-corrected chi connectivity index (χ2v) is 4.87. The molecule has 1 saturated carbocycles. The topological polar surface area (TPSA) is 74.6 Å². The fraction of sp³-hybridized carbons (Fsp3) is 0.833. The molecule has 0 aromatic heterocycles. The Bertz CT molecular complexity index is 254. The highest BCUT2D eigenvalue weighted by molar-refractivity contribution is 5.70. The predicted octanol–water partition coefficient (Wildman–Crippen LogP) is 2.38. The molecule has 2 N–H and O–H groups in total. The van der Waals surface area contributed by atoms with E-state index in [1.807, 2.05) is 0 Å². The number of carboxylic acid groups (broad SMARTS) is 2. The summed E-state index contributed by atoms with van der Waals surface area (Å²) in [4.78, 5) is 21.4. The summed E-state index contributed by atoms with van der Waals surface area (Å²) in [6.07, 6.45) is 4.99. The minimum absolute atomic E-state index is 0.173. The van der Waals surface area contributed by atoms with E-state index in [0.717, 1.165) is 32.1 Å². The van der Waals surface area contributed by atoms with Crippen LogP contribution in [-0.4, -0.2) is 22.2 Å². The molecule has 1 rings (SSSR count). The predicted molar refractivity (Wildman–Crippen MR) is 59.1 cm³/mol. The van der Waals surface area contributed by atoms with E-state index in [1.165, 1.54) is 0 Å². The van der Waals surface area contributed by atoms with Crippen molar-refractivity contribution >= 4 is 11.9 Å². The summed E-state index contributed by atoms with van der Waals surface area (Å²) in [5, 5.41) is 17.6. The smallest absolute Gasteiger partial charge is 0.306 e. The lowest BCUT2D eigenvalue weighted by Gasteiger charge is -2.26. The second kappa shape index (κ2) is 5.87. The van der Waals surface area contributed by atoms with Gasteiger partial charge >= 0.3 is 11.9 Å². The first-order valence-corrected chi connectivity index (χ1v) is 5.96. The molecule has 1 unspecified atom stereocenters. The highest BCUT2D eigenvalue weighted by Gasteiger charge is 2.26. The average molecular weight is 228 g/mol. The van der Waals surface area contributed by atoms with Gasteiger partial charge in [-0.05, 0) is 44.4 Å². The second-order valence-electron chi connectivity index (χ2n) is 4.87. The molecule has 0 heterocycles. The molecule has 1 atom stereocenters. The van der Waals surface area contributed by atoms with Gasteiger partial charge in [-0.1, -0.05) is 6.92 Å². The van der Waals surface area contributed by atoms with Crippen LogP contribution in [0.15, 0.2) is 0 Å². The maximum atomic E-state index is 10.7. The zero-order valence-electron chi connectivity index (χ0n) is 9.69. The van der Waals surface area contributed by atoms with Crippen LogP contribution in [-0.2, 0) is 9.59 Å². The van der Waals surface area contributed by atoms with E-state index in [-0.39, 0.29) is 11.8 Å². The number of hydrogen-bond donors (Lipinski definition) is 2. The van der Waals surface area contributed by atoms with E-state index in [0.29, 0.717) is 12.3 Å². The van der Waals surface area contributed by atoms with Crippen molar-refractivity contribution in [3.8, 4) is 0 Å². The maximum Gasteiger partial charge on any atom is 0.306 e. The molecule has 0 aliphatic heterocycles. The van der Waals surface area contributed by atoms with Crippen molar-refractivity contribution in [2.45, 2.75) is 45.4 Å². The van der Waals surface area contributed by atoms with Gasteiger partial charge in [0.05, 0.1) is 11.8 Å². The van der Waals surface area contributed by atoms with Crippen LogP contribution in [0.5, 0.6) is 0 Å². The third-order valence-electron chi connectivity index (χ3n) is 3.63. The summed E-state index contributed by atoms with van der Waals surface area (Å²) in [5.41, 5.74) is 0. The molecule has 4 nitrogen and oxygen atoms in total. The van der Waals surface area contributed by atoms with Gasteiger partial charge in [-0.2, -0.15) is 0 Å². The first-order chi connectivity index (χ1) is 7.50. The molecular formula is C12H20O4. The number of rotatable bonds is 5. The summed E-state index contributed by atoms with van der Waals surface area (Å²) in [7, 11) is 0. The molecule has 0 bridgehead atoms. The van der Waals surface area contributed by atoms with Gasteiger partial charge in [0.2, 0.25) is 0 Å². The van der Waals surface area contributed by atoms with Crippen LogP contribution in [0.25, 0.3) is 0 Å². The lowest BCUT2D eigenvalue weighted by molar-refractivity contribution is -0.143. The summed E-state index contributed by atoms with van der Waals surface area (Å²) >= 11 is 0. The SMILES string of the molecule is CC(CCC1CCC(C(=O)O)CC1)C(=O)O. The summed E-state index contributed by atoms with van der Waals surface area (Å²) < 4.78 is 0. The van der Waals surface area contributed by atoms with Crippen LogP contribution < -0.4 is 0 Å². The normalized spacial score (nSPS) is 27.3. The Morgan fingerprint density at radius 1 is 1.19 bits per heavy atom. The molecule has 16 heavy (non-hydrogen) atoms. The number of hydrogen-bond acceptors (Lipinski definition) is 2. The quantitative estimate of drug-likeness (QED) is 0.757. The first-order valence-electron chi connectivity index (χ1n) is 5.96. The third kappa shape index (κ3) is 3.83. The van der Waals surface area contributed by atoms with Gasteiger partial charge in [0.25, 0.3) is 0 Å². The van der Waals surface area contributed by atoms with Crippen molar-refractivity contribution in [1.29, 1.82) is 0 Å². The van der Waals surface area contributed by atoms with Crippen molar-refractivity contribution in [1.82, 2.24) is 0 Å². The molecule has 1 fully saturated rings. The number of carbonyl (C=O) groups is 2. The molecule has 4 heteroatoms. The third-order valence-corrected chi connectivity index (χ3v) is 3.63. The minimum Gasteiger partial charge on any atom is -0.481 e. The summed E-state index contributed by atoms with van der Waals surface area (Å²) in [6.45, 7) is 1.73. The van der Waals surface area contributed by atoms with Crippen LogP contribution in [0.2, 0.25) is 0 Å². The van der Waals surface area contributed by atoms with Crippen molar-refractivity contribution in [3.63, 3.8) is 0 Å². The fourth-order valence-corrected chi connectivity index (χ4v) is 2.31. The largest absolute Gasteiger partial charge is 0.481 e. The minimum atomic E-state index is -0.737. The Morgan fingerprint density at radius 3 is 2.19 bits per heavy atom. The lowest BCUT2D eigenvalue weighted by atomic mass is 9.79. The van der Waals surface area contributed by atoms with Gasteiger partial charge < -0.3 is 10.2 Å². The molecule has 1 aliphatic carbocycles. The monoisotopic (exact) mass is 228 g/mol. The lowest BCUT2D eigenvalue weighted by Crippen LogP contribution is -2.22. The standard InChI is InChI=1S/C12H20O4/c1-8(11(13)14)2-3-9-4-6-10(7-5-9)12(15)16/h8-10H,2-7H2,1H3,(H,13,14)(H,15,16). The highest BCUT2D eigenvalue weighted by atomic mass is 16.4. The Kier molecular flexibility index (Phi) is 4.77. The molecule has 0 spiro atoms. The zero-order chi connectivity index (χ0) is 12.1. The molecule has 0 radical (unpaired) electrons. The summed E-state index contributed by atoms with van der Waals surface area (Å²) in [5.74, 6) is -1.35. The van der Waals surface area contributed by atoms with Gasteiger partial charge in [0.1, 0.15) is 0 Å². The fourth-order valence-electron chi connectivity index (χ4n) is 2.31. The van der Waals surface area contributed by atoms with Gasteiger partial charge in [-0.3, -0.25) is 9.59 Å². The highest BCUT2D eigenvalue weighted by Crippen LogP contribution is 2.32. The van der Waals surface area contributed by atoms with Gasteiger partial charge in [0.15, 0.2) is 0 Å². The summed E-state index contributed by atoms with van der Waals surface area (Å²) in [6, 6.07) is 0. The van der Waals surface area contributed by atoms with Crippen LogP contribution >= 0.6 is 0 Å². The molecule has 0 aromatic carbocycles. The van der Waals surface area contributed by atoms with E-state index >= 15 is 0 Å². The number of aliphatic carboxylic acids is 2. The zero-order valence-corrected chi connectivity index (χ0v) is 9.69. The maximum absolute atomic E-state index is 10.7. The first kappa shape index (κ1) is 13.0. The Labute approximate surface area is 95.7 Å². The Hall–Kier alpha value is -1.06. The van der Waals surface area contributed by atoms with Crippen LogP contribution in [0.4, 0.5) is 0 Å². The Morgan fingerprint density at radius 2 is 1.75 bits per heavy atom. The van der Waals surface area contributed by atoms with Crippen molar-refractivity contribution < 1.29 is 19.8 Å². The molecular weight excluding hydrogens is 208 g/mol. The van der Waals surface area contributed by atoms with E-state index in [9.17, 15) is 9.59 Å². The van der Waals surface area contributed by atoms with Crippen molar-refractivity contribution in [2.24, 2.45) is 17.8 Å². The Balaban J connectivity index is 2.22. The molecule has 92 valence electrons. The van der Waals surface area contributed by atoms with Gasteiger partial charge in [0, 0.05) is 0 Å². The average Bonchev–Trinajstić information content (AvgIpc) is 2.26. The number of carboxylic acids is 2. The molecule has 0 aromatic rings. The van der Waals surface area contributed by atoms with E-state index in [2.05, 4.69) is 0 Å². The van der Waals surface area contributed by atoms with Crippen LogP contribution in [0.3, 0.4) is 0 Å². The van der Waals surface area contributed by atoms with Gasteiger partial charge in [-0.15, -0.1) is 0 Å². The van der Waals surface area contributed by atoms with Gasteiger partial charge in [-0.25, -0.2) is 0 Å². The van der Waals surface area contributed by atoms with E-state index < -0.39 is 11.9 Å².